The average molecular weight is 188 g/mol. The molecule has 4 nitrogen and oxygen atoms in total. The van der Waals surface area contributed by atoms with Gasteiger partial charge >= 0.3 is 5.97 Å². The number of nitrogens with zero attached hydrogens (tertiary/aromatic N) is 1. The van der Waals surface area contributed by atoms with Crippen LogP contribution in [0.2, 0.25) is 0 Å². The van der Waals surface area contributed by atoms with E-state index >= 15 is 0 Å². The average Bonchev–Trinajstić information content (AvgIpc) is 2.10. The molecule has 68 valence electrons. The van der Waals surface area contributed by atoms with Crippen LogP contribution in [0.3, 0.4) is 0 Å². The lowest BCUT2D eigenvalue weighted by molar-refractivity contribution is -0.142. The molecule has 0 aromatic rings. The molecule has 2 N–H and O–H groups in total. The third-order valence-electron chi connectivity index (χ3n) is 1.24. The molecule has 0 radical (unpaired) electrons. The summed E-state index contributed by atoms with van der Waals surface area (Å²) in [4.78, 5) is 10.8. The quantitative estimate of drug-likeness (QED) is 0.490. The van der Waals surface area contributed by atoms with Crippen molar-refractivity contribution in [3.05, 3.63) is 0 Å². The summed E-state index contributed by atoms with van der Waals surface area (Å²) < 4.78 is 4.43. The van der Waals surface area contributed by atoms with Crippen LogP contribution in [0.4, 0.5) is 0 Å². The van der Waals surface area contributed by atoms with E-state index in [4.69, 9.17) is 11.0 Å². The van der Waals surface area contributed by atoms with Crippen LogP contribution < -0.4 is 5.73 Å². The van der Waals surface area contributed by atoms with Crippen molar-refractivity contribution in [3.63, 3.8) is 0 Å². The molecule has 0 aromatic carbocycles. The van der Waals surface area contributed by atoms with Gasteiger partial charge in [-0.2, -0.15) is 5.26 Å². The smallest absolute Gasteiger partial charge is 0.322 e. The van der Waals surface area contributed by atoms with Crippen molar-refractivity contribution in [2.24, 2.45) is 5.73 Å². The minimum Gasteiger partial charge on any atom is -0.468 e. The molecule has 0 heterocycles. The Kier molecular flexibility index (Phi) is 6.53. The number of nitriles is 1. The molecule has 0 saturated heterocycles. The molecule has 0 amide bonds. The molecule has 0 aliphatic carbocycles. The lowest BCUT2D eigenvalue weighted by atomic mass is 10.2. The molecular formula is C7H12N2O2S. The number of carbonyl (C=O) groups excluding carboxylic acids is 1. The Bertz CT molecular complexity index is 179. The van der Waals surface area contributed by atoms with Gasteiger partial charge in [0.15, 0.2) is 0 Å². The van der Waals surface area contributed by atoms with Gasteiger partial charge in [-0.1, -0.05) is 0 Å². The highest BCUT2D eigenvalue weighted by Gasteiger charge is 2.12. The van der Waals surface area contributed by atoms with Gasteiger partial charge < -0.3 is 10.5 Å². The first-order valence-electron chi connectivity index (χ1n) is 3.50. The van der Waals surface area contributed by atoms with Gasteiger partial charge in [-0.15, -0.1) is 11.8 Å². The number of ether oxygens (including phenoxy) is 1. The van der Waals surface area contributed by atoms with E-state index in [1.165, 1.54) is 18.9 Å². The van der Waals surface area contributed by atoms with E-state index in [9.17, 15) is 4.79 Å². The summed E-state index contributed by atoms with van der Waals surface area (Å²) in [5.41, 5.74) is 5.44. The van der Waals surface area contributed by atoms with E-state index < -0.39 is 12.0 Å². The van der Waals surface area contributed by atoms with Crippen LogP contribution >= 0.6 is 11.8 Å². The molecule has 0 fully saturated rings. The van der Waals surface area contributed by atoms with Crippen molar-refractivity contribution in [1.82, 2.24) is 0 Å². The highest BCUT2D eigenvalue weighted by Crippen LogP contribution is 2.03. The topological polar surface area (TPSA) is 76.1 Å². The van der Waals surface area contributed by atoms with Crippen molar-refractivity contribution in [2.75, 3.05) is 18.6 Å². The molecule has 0 aliphatic heterocycles. The summed E-state index contributed by atoms with van der Waals surface area (Å²) in [6.07, 6.45) is 0.555. The van der Waals surface area contributed by atoms with Crippen LogP contribution in [0.1, 0.15) is 6.42 Å². The molecule has 0 aliphatic rings. The Morgan fingerprint density at radius 3 is 3.00 bits per heavy atom. The third kappa shape index (κ3) is 4.99. The minimum absolute atomic E-state index is 0.396. The maximum absolute atomic E-state index is 10.8. The van der Waals surface area contributed by atoms with Crippen LogP contribution in [0.25, 0.3) is 0 Å². The summed E-state index contributed by atoms with van der Waals surface area (Å²) in [5, 5.41) is 8.19. The van der Waals surface area contributed by atoms with Gasteiger partial charge in [0.2, 0.25) is 0 Å². The number of hydrogen-bond donors (Lipinski definition) is 1. The van der Waals surface area contributed by atoms with Crippen molar-refractivity contribution >= 4 is 17.7 Å². The predicted molar refractivity (Wildman–Crippen MR) is 47.5 cm³/mol. The third-order valence-corrected chi connectivity index (χ3v) is 2.10. The van der Waals surface area contributed by atoms with Gasteiger partial charge in [0.1, 0.15) is 6.04 Å². The van der Waals surface area contributed by atoms with Gasteiger partial charge in [-0.3, -0.25) is 4.79 Å². The fourth-order valence-corrected chi connectivity index (χ4v) is 1.25. The molecular weight excluding hydrogens is 176 g/mol. The number of nitrogens with two attached hydrogens (primary N) is 1. The van der Waals surface area contributed by atoms with Crippen LogP contribution in [0.15, 0.2) is 0 Å². The van der Waals surface area contributed by atoms with Crippen LogP contribution in [-0.2, 0) is 9.53 Å². The van der Waals surface area contributed by atoms with E-state index in [2.05, 4.69) is 4.74 Å². The second-order valence-corrected chi connectivity index (χ2v) is 3.23. The maximum Gasteiger partial charge on any atom is 0.322 e. The molecule has 1 unspecified atom stereocenters. The number of carbonyl (C=O) groups is 1. The lowest BCUT2D eigenvalue weighted by Crippen LogP contribution is -2.31. The Morgan fingerprint density at radius 2 is 2.50 bits per heavy atom. The zero-order valence-electron chi connectivity index (χ0n) is 6.95. The summed E-state index contributed by atoms with van der Waals surface area (Å²) in [5.74, 6) is 0.755. The highest BCUT2D eigenvalue weighted by atomic mass is 32.2. The minimum atomic E-state index is -0.554. The highest BCUT2D eigenvalue weighted by molar-refractivity contribution is 7.99. The molecule has 0 aromatic heterocycles. The number of hydrogen-bond acceptors (Lipinski definition) is 5. The Hall–Kier alpha value is -0.730. The number of esters is 1. The zero-order valence-corrected chi connectivity index (χ0v) is 7.76. The maximum atomic E-state index is 10.8. The first-order valence-corrected chi connectivity index (χ1v) is 4.66. The van der Waals surface area contributed by atoms with Gasteiger partial charge in [-0.25, -0.2) is 0 Å². The molecule has 0 spiro atoms. The monoisotopic (exact) mass is 188 g/mol. The molecule has 1 atom stereocenters. The van der Waals surface area contributed by atoms with Gasteiger partial charge in [0.25, 0.3) is 0 Å². The number of thioether (sulfide) groups is 1. The fourth-order valence-electron chi connectivity index (χ4n) is 0.597. The Morgan fingerprint density at radius 1 is 1.83 bits per heavy atom. The molecule has 5 heteroatoms. The Balaban J connectivity index is 3.38. The van der Waals surface area contributed by atoms with Crippen molar-refractivity contribution < 1.29 is 9.53 Å². The summed E-state index contributed by atoms with van der Waals surface area (Å²) in [6, 6.07) is 1.44. The molecule has 0 bridgehead atoms. The van der Waals surface area contributed by atoms with Crippen molar-refractivity contribution in [3.8, 4) is 6.07 Å². The molecule has 0 rings (SSSR count). The van der Waals surface area contributed by atoms with Crippen LogP contribution in [0, 0.1) is 11.3 Å². The molecule has 12 heavy (non-hydrogen) atoms. The van der Waals surface area contributed by atoms with E-state index in [1.807, 2.05) is 6.07 Å². The van der Waals surface area contributed by atoms with Crippen LogP contribution in [0.5, 0.6) is 0 Å². The van der Waals surface area contributed by atoms with Crippen LogP contribution in [-0.4, -0.2) is 30.6 Å². The Labute approximate surface area is 76.1 Å². The first-order chi connectivity index (χ1) is 5.72. The first kappa shape index (κ1) is 11.3. The summed E-state index contributed by atoms with van der Waals surface area (Å²) in [7, 11) is 1.31. The number of rotatable bonds is 5. The largest absolute Gasteiger partial charge is 0.468 e. The summed E-state index contributed by atoms with van der Waals surface area (Å²) >= 11 is 1.46. The fraction of sp³-hybridized carbons (Fsp3) is 0.714. The van der Waals surface area contributed by atoms with Crippen molar-refractivity contribution in [1.29, 1.82) is 5.26 Å². The lowest BCUT2D eigenvalue weighted by Gasteiger charge is -2.06. The second-order valence-electron chi connectivity index (χ2n) is 2.13. The summed E-state index contributed by atoms with van der Waals surface area (Å²) in [6.45, 7) is 0. The standard InChI is InChI=1S/C7H12N2O2S/c1-11-7(10)6(9)2-4-12-5-3-8/h6H,2,4-5,9H2,1H3. The second kappa shape index (κ2) is 6.95. The normalized spacial score (nSPS) is 11.8. The van der Waals surface area contributed by atoms with Gasteiger partial charge in [0, 0.05) is 0 Å². The SMILES string of the molecule is COC(=O)C(N)CCSCC#N. The van der Waals surface area contributed by atoms with Crippen molar-refractivity contribution in [2.45, 2.75) is 12.5 Å². The van der Waals surface area contributed by atoms with E-state index in [0.29, 0.717) is 17.9 Å². The predicted octanol–water partition coefficient (Wildman–Crippen LogP) is 0.134. The van der Waals surface area contributed by atoms with E-state index in [-0.39, 0.29) is 0 Å². The van der Waals surface area contributed by atoms with E-state index in [0.717, 1.165) is 0 Å². The van der Waals surface area contributed by atoms with Gasteiger partial charge in [-0.05, 0) is 12.2 Å². The van der Waals surface area contributed by atoms with Gasteiger partial charge in [0.05, 0.1) is 18.9 Å². The zero-order chi connectivity index (χ0) is 9.40. The number of methoxy groups -OCH3 is 1. The molecule has 0 saturated carbocycles. The van der Waals surface area contributed by atoms with E-state index in [1.54, 1.807) is 0 Å².